The van der Waals surface area contributed by atoms with Crippen molar-refractivity contribution >= 4 is 21.9 Å². The van der Waals surface area contributed by atoms with Gasteiger partial charge in [-0.2, -0.15) is 20.2 Å². The Kier molecular flexibility index (Phi) is 3.28. The van der Waals surface area contributed by atoms with E-state index in [0.29, 0.717) is 0 Å². The average molecular weight is 258 g/mol. The molecule has 0 saturated carbocycles. The summed E-state index contributed by atoms with van der Waals surface area (Å²) < 4.78 is 31.7. The molecule has 0 aromatic heterocycles. The molecular weight excluding hydrogens is 244 g/mol. The van der Waals surface area contributed by atoms with Crippen molar-refractivity contribution in [2.75, 3.05) is 5.75 Å². The lowest BCUT2D eigenvalue weighted by Crippen LogP contribution is -2.05. The molecule has 88 valence electrons. The molecule has 0 radical (unpaired) electrons. The second-order valence-corrected chi connectivity index (χ2v) is 6.72. The van der Waals surface area contributed by atoms with Gasteiger partial charge in [0.05, 0.1) is 4.90 Å². The first-order valence-corrected chi connectivity index (χ1v) is 7.67. The van der Waals surface area contributed by atoms with E-state index in [4.69, 9.17) is 0 Å². The minimum Gasteiger partial charge on any atom is -0.282 e. The van der Waals surface area contributed by atoms with Crippen molar-refractivity contribution in [2.45, 2.75) is 29.9 Å². The molecule has 1 aliphatic heterocycles. The zero-order chi connectivity index (χ0) is 11.8. The number of rotatable bonds is 2. The summed E-state index contributed by atoms with van der Waals surface area (Å²) in [6, 6.07) is 5.08. The standard InChI is InChI=1S/C11H14O3S2/c1-8-4-5-11(16(12,13)14)9(7-8)10-3-2-6-15-10/h4-5,7,10H,2-3,6H2,1H3,(H,12,13,14). The Balaban J connectivity index is 2.52. The predicted molar refractivity (Wildman–Crippen MR) is 65.4 cm³/mol. The van der Waals surface area contributed by atoms with Gasteiger partial charge in [0.15, 0.2) is 0 Å². The van der Waals surface area contributed by atoms with E-state index in [9.17, 15) is 13.0 Å². The number of hydrogen-bond acceptors (Lipinski definition) is 3. The number of benzene rings is 1. The Morgan fingerprint density at radius 3 is 2.75 bits per heavy atom. The summed E-state index contributed by atoms with van der Waals surface area (Å²) in [6.45, 7) is 1.93. The Hall–Kier alpha value is -0.520. The third kappa shape index (κ3) is 2.42. The third-order valence-electron chi connectivity index (χ3n) is 2.72. The molecule has 1 unspecified atom stereocenters. The van der Waals surface area contributed by atoms with E-state index in [0.717, 1.165) is 29.7 Å². The van der Waals surface area contributed by atoms with Gasteiger partial charge in [-0.3, -0.25) is 4.55 Å². The van der Waals surface area contributed by atoms with E-state index in [1.807, 2.05) is 13.0 Å². The van der Waals surface area contributed by atoms with Crippen LogP contribution in [0.5, 0.6) is 0 Å². The molecule has 1 aromatic carbocycles. The van der Waals surface area contributed by atoms with Gasteiger partial charge in [0.2, 0.25) is 0 Å². The molecule has 0 aliphatic carbocycles. The summed E-state index contributed by atoms with van der Waals surface area (Å²) in [4.78, 5) is 0.0671. The van der Waals surface area contributed by atoms with Crippen LogP contribution in [0.4, 0.5) is 0 Å². The first-order valence-electron chi connectivity index (χ1n) is 5.18. The zero-order valence-electron chi connectivity index (χ0n) is 9.01. The monoisotopic (exact) mass is 258 g/mol. The second-order valence-electron chi connectivity index (χ2n) is 4.02. The molecule has 16 heavy (non-hydrogen) atoms. The molecule has 5 heteroatoms. The highest BCUT2D eigenvalue weighted by atomic mass is 32.2. The molecule has 1 aromatic rings. The van der Waals surface area contributed by atoms with E-state index >= 15 is 0 Å². The smallest absolute Gasteiger partial charge is 0.282 e. The Morgan fingerprint density at radius 2 is 2.19 bits per heavy atom. The Morgan fingerprint density at radius 1 is 1.44 bits per heavy atom. The van der Waals surface area contributed by atoms with Crippen molar-refractivity contribution in [3.8, 4) is 0 Å². The Bertz CT molecular complexity index is 488. The van der Waals surface area contributed by atoms with E-state index in [1.54, 1.807) is 17.8 Å². The fourth-order valence-corrected chi connectivity index (χ4v) is 4.12. The molecular formula is C11H14O3S2. The maximum atomic E-state index is 11.3. The van der Waals surface area contributed by atoms with Gasteiger partial charge in [-0.05, 0) is 37.1 Å². The van der Waals surface area contributed by atoms with E-state index in [1.165, 1.54) is 6.07 Å². The summed E-state index contributed by atoms with van der Waals surface area (Å²) in [6.07, 6.45) is 2.09. The predicted octanol–water partition coefficient (Wildman–Crippen LogP) is 2.81. The molecule has 2 rings (SSSR count). The molecule has 1 atom stereocenters. The number of hydrogen-bond donors (Lipinski definition) is 1. The molecule has 0 bridgehead atoms. The Labute approximate surface area is 100 Å². The maximum absolute atomic E-state index is 11.3. The van der Waals surface area contributed by atoms with E-state index < -0.39 is 10.1 Å². The lowest BCUT2D eigenvalue weighted by atomic mass is 10.1. The van der Waals surface area contributed by atoms with Crippen LogP contribution >= 0.6 is 11.8 Å². The molecule has 1 saturated heterocycles. The van der Waals surface area contributed by atoms with Crippen LogP contribution in [0.3, 0.4) is 0 Å². The van der Waals surface area contributed by atoms with Crippen molar-refractivity contribution in [1.29, 1.82) is 0 Å². The highest BCUT2D eigenvalue weighted by Gasteiger charge is 2.25. The fourth-order valence-electron chi connectivity index (χ4n) is 1.98. The topological polar surface area (TPSA) is 54.4 Å². The summed E-state index contributed by atoms with van der Waals surface area (Å²) in [7, 11) is -4.10. The fraction of sp³-hybridized carbons (Fsp3) is 0.455. The van der Waals surface area contributed by atoms with Crippen LogP contribution in [-0.2, 0) is 10.1 Å². The van der Waals surface area contributed by atoms with Crippen LogP contribution in [0.2, 0.25) is 0 Å². The van der Waals surface area contributed by atoms with Gasteiger partial charge in [0.25, 0.3) is 10.1 Å². The third-order valence-corrected chi connectivity index (χ3v) is 5.06. The average Bonchev–Trinajstić information content (AvgIpc) is 2.68. The first-order chi connectivity index (χ1) is 7.48. The molecule has 1 aliphatic rings. The van der Waals surface area contributed by atoms with Gasteiger partial charge in [-0.1, -0.05) is 17.7 Å². The van der Waals surface area contributed by atoms with Gasteiger partial charge < -0.3 is 0 Å². The molecule has 0 amide bonds. The minimum atomic E-state index is -4.10. The van der Waals surface area contributed by atoms with Crippen LogP contribution in [-0.4, -0.2) is 18.7 Å². The molecule has 1 heterocycles. The van der Waals surface area contributed by atoms with E-state index in [-0.39, 0.29) is 10.1 Å². The largest absolute Gasteiger partial charge is 0.294 e. The lowest BCUT2D eigenvalue weighted by Gasteiger charge is -2.13. The molecule has 3 nitrogen and oxygen atoms in total. The highest BCUT2D eigenvalue weighted by Crippen LogP contribution is 2.42. The van der Waals surface area contributed by atoms with Crippen molar-refractivity contribution < 1.29 is 13.0 Å². The van der Waals surface area contributed by atoms with Crippen LogP contribution in [0.1, 0.15) is 29.2 Å². The maximum Gasteiger partial charge on any atom is 0.294 e. The zero-order valence-corrected chi connectivity index (χ0v) is 10.6. The van der Waals surface area contributed by atoms with E-state index in [2.05, 4.69) is 0 Å². The van der Waals surface area contributed by atoms with Crippen molar-refractivity contribution in [3.63, 3.8) is 0 Å². The highest BCUT2D eigenvalue weighted by molar-refractivity contribution is 7.99. The van der Waals surface area contributed by atoms with Crippen LogP contribution in [0.25, 0.3) is 0 Å². The second kappa shape index (κ2) is 4.39. The molecule has 1 N–H and O–H groups in total. The lowest BCUT2D eigenvalue weighted by molar-refractivity contribution is 0.482. The van der Waals surface area contributed by atoms with Gasteiger partial charge in [-0.15, -0.1) is 0 Å². The van der Waals surface area contributed by atoms with Gasteiger partial charge >= 0.3 is 0 Å². The minimum absolute atomic E-state index is 0.0671. The number of thioether (sulfide) groups is 1. The molecule has 1 fully saturated rings. The van der Waals surface area contributed by atoms with Crippen molar-refractivity contribution in [3.05, 3.63) is 29.3 Å². The summed E-state index contributed by atoms with van der Waals surface area (Å²) in [5.41, 5.74) is 1.78. The summed E-state index contributed by atoms with van der Waals surface area (Å²) in [5.74, 6) is 1.06. The summed E-state index contributed by atoms with van der Waals surface area (Å²) >= 11 is 1.76. The van der Waals surface area contributed by atoms with Crippen molar-refractivity contribution in [2.24, 2.45) is 0 Å². The molecule has 0 spiro atoms. The first kappa shape index (κ1) is 12.0. The summed E-state index contributed by atoms with van der Waals surface area (Å²) in [5, 5.41) is 0.205. The van der Waals surface area contributed by atoms with Crippen molar-refractivity contribution in [1.82, 2.24) is 0 Å². The number of aryl methyl sites for hydroxylation is 1. The van der Waals surface area contributed by atoms with Crippen LogP contribution in [0.15, 0.2) is 23.1 Å². The van der Waals surface area contributed by atoms with Crippen LogP contribution in [0, 0.1) is 6.92 Å². The van der Waals surface area contributed by atoms with Crippen LogP contribution < -0.4 is 0 Å². The van der Waals surface area contributed by atoms with Gasteiger partial charge in [-0.25, -0.2) is 0 Å². The normalized spacial score (nSPS) is 21.2. The van der Waals surface area contributed by atoms with Gasteiger partial charge in [0.1, 0.15) is 0 Å². The SMILES string of the molecule is Cc1ccc(S(=O)(=O)O)c(C2CCCS2)c1. The quantitative estimate of drug-likeness (QED) is 0.829. The van der Waals surface area contributed by atoms with Gasteiger partial charge in [0, 0.05) is 5.25 Å².